The van der Waals surface area contributed by atoms with Crippen LogP contribution in [0.3, 0.4) is 0 Å². The van der Waals surface area contributed by atoms with E-state index in [0.29, 0.717) is 12.1 Å². The van der Waals surface area contributed by atoms with E-state index >= 15 is 0 Å². The Kier molecular flexibility index (Phi) is 4.58. The van der Waals surface area contributed by atoms with Crippen LogP contribution in [-0.2, 0) is 6.54 Å². The van der Waals surface area contributed by atoms with Gasteiger partial charge in [0.1, 0.15) is 5.82 Å². The average molecular weight is 356 g/mol. The number of benzene rings is 1. The second kappa shape index (κ2) is 7.33. The van der Waals surface area contributed by atoms with Crippen molar-refractivity contribution in [2.75, 3.05) is 11.9 Å². The van der Waals surface area contributed by atoms with E-state index in [-0.39, 0.29) is 5.91 Å². The first kappa shape index (κ1) is 16.8. The Morgan fingerprint density at radius 1 is 1.00 bits per heavy atom. The number of fused-ring (bicyclic) bond motifs is 1. The number of para-hydroxylation sites is 1. The number of amides is 1. The zero-order valence-corrected chi connectivity index (χ0v) is 15.0. The smallest absolute Gasteiger partial charge is 0.253 e. The van der Waals surface area contributed by atoms with E-state index in [0.717, 1.165) is 22.6 Å². The number of aromatic nitrogens is 2. The van der Waals surface area contributed by atoms with Crippen molar-refractivity contribution in [3.05, 3.63) is 96.4 Å². The Morgan fingerprint density at radius 3 is 2.52 bits per heavy atom. The third-order valence-electron chi connectivity index (χ3n) is 4.58. The van der Waals surface area contributed by atoms with E-state index in [2.05, 4.69) is 33.4 Å². The van der Waals surface area contributed by atoms with E-state index in [1.165, 1.54) is 0 Å². The normalized spacial score (nSPS) is 10.7. The maximum absolute atomic E-state index is 12.6. The van der Waals surface area contributed by atoms with Gasteiger partial charge in [-0.2, -0.15) is 0 Å². The molecular formula is C22H20N4O. The summed E-state index contributed by atoms with van der Waals surface area (Å²) in [6.45, 7) is 0.474. The Bertz CT molecular complexity index is 1060. The van der Waals surface area contributed by atoms with Gasteiger partial charge in [-0.15, -0.1) is 0 Å². The summed E-state index contributed by atoms with van der Waals surface area (Å²) in [5, 5.41) is 2.96. The third kappa shape index (κ3) is 3.53. The number of rotatable bonds is 5. The molecule has 0 unspecified atom stereocenters. The highest BCUT2D eigenvalue weighted by molar-refractivity contribution is 5.94. The molecule has 0 aliphatic heterocycles. The van der Waals surface area contributed by atoms with E-state index in [1.807, 2.05) is 66.2 Å². The van der Waals surface area contributed by atoms with Gasteiger partial charge in [0.2, 0.25) is 0 Å². The molecule has 1 aromatic carbocycles. The molecule has 3 aromatic heterocycles. The topological polar surface area (TPSA) is 49.6 Å². The summed E-state index contributed by atoms with van der Waals surface area (Å²) in [6.07, 6.45) is 5.32. The Morgan fingerprint density at radius 2 is 1.74 bits per heavy atom. The molecule has 0 bridgehead atoms. The number of carbonyl (C=O) groups excluding carboxylic acids is 1. The molecule has 5 heteroatoms. The van der Waals surface area contributed by atoms with Crippen molar-refractivity contribution in [1.29, 1.82) is 0 Å². The Labute approximate surface area is 157 Å². The fourth-order valence-electron chi connectivity index (χ4n) is 3.06. The van der Waals surface area contributed by atoms with Crippen LogP contribution in [0.4, 0.5) is 11.5 Å². The van der Waals surface area contributed by atoms with Crippen molar-refractivity contribution < 1.29 is 4.79 Å². The van der Waals surface area contributed by atoms with Crippen LogP contribution in [-0.4, -0.2) is 22.3 Å². The highest BCUT2D eigenvalue weighted by Crippen LogP contribution is 2.26. The zero-order valence-electron chi connectivity index (χ0n) is 15.0. The maximum Gasteiger partial charge on any atom is 0.253 e. The van der Waals surface area contributed by atoms with Crippen molar-refractivity contribution in [2.24, 2.45) is 0 Å². The molecule has 0 saturated carbocycles. The molecule has 0 radical (unpaired) electrons. The largest absolute Gasteiger partial charge is 0.348 e. The van der Waals surface area contributed by atoms with Gasteiger partial charge in [-0.3, -0.25) is 9.78 Å². The highest BCUT2D eigenvalue weighted by Gasteiger charge is 2.12. The summed E-state index contributed by atoms with van der Waals surface area (Å²) in [5.74, 6) is 0.899. The minimum absolute atomic E-state index is 0.101. The average Bonchev–Trinajstić information content (AvgIpc) is 3.16. The van der Waals surface area contributed by atoms with Crippen molar-refractivity contribution in [3.63, 3.8) is 0 Å². The minimum Gasteiger partial charge on any atom is -0.348 e. The van der Waals surface area contributed by atoms with E-state index in [1.54, 1.807) is 12.4 Å². The van der Waals surface area contributed by atoms with Crippen LogP contribution < -0.4 is 10.2 Å². The van der Waals surface area contributed by atoms with Crippen LogP contribution in [0.25, 0.3) is 5.52 Å². The van der Waals surface area contributed by atoms with Gasteiger partial charge in [0.15, 0.2) is 0 Å². The molecule has 0 aliphatic carbocycles. The lowest BCUT2D eigenvalue weighted by Gasteiger charge is -2.19. The number of pyridine rings is 2. The van der Waals surface area contributed by atoms with Gasteiger partial charge in [0, 0.05) is 43.4 Å². The fourth-order valence-corrected chi connectivity index (χ4v) is 3.06. The molecular weight excluding hydrogens is 336 g/mol. The van der Waals surface area contributed by atoms with E-state index < -0.39 is 0 Å². The molecule has 4 rings (SSSR count). The minimum atomic E-state index is -0.101. The highest BCUT2D eigenvalue weighted by atomic mass is 16.1. The first-order valence-corrected chi connectivity index (χ1v) is 8.79. The molecule has 0 spiro atoms. The summed E-state index contributed by atoms with van der Waals surface area (Å²) in [6, 6.07) is 21.8. The maximum atomic E-state index is 12.6. The monoisotopic (exact) mass is 356 g/mol. The Balaban J connectivity index is 1.59. The number of hydrogen-bond acceptors (Lipinski definition) is 3. The summed E-state index contributed by atoms with van der Waals surface area (Å²) < 4.78 is 2.04. The fraction of sp³-hybridized carbons (Fsp3) is 0.0909. The first-order chi connectivity index (χ1) is 13.2. The molecule has 134 valence electrons. The predicted molar refractivity (Wildman–Crippen MR) is 107 cm³/mol. The molecule has 3 heterocycles. The molecule has 1 amide bonds. The molecule has 5 nitrogen and oxygen atoms in total. The number of anilines is 2. The summed E-state index contributed by atoms with van der Waals surface area (Å²) in [5.41, 5.74) is 3.77. The van der Waals surface area contributed by atoms with Crippen LogP contribution in [0.15, 0.2) is 85.3 Å². The van der Waals surface area contributed by atoms with Crippen LogP contribution in [0, 0.1) is 0 Å². The van der Waals surface area contributed by atoms with Gasteiger partial charge in [-0.25, -0.2) is 0 Å². The van der Waals surface area contributed by atoms with Gasteiger partial charge in [0.25, 0.3) is 5.91 Å². The number of nitrogens with one attached hydrogen (secondary N) is 1. The van der Waals surface area contributed by atoms with Crippen molar-refractivity contribution >= 4 is 22.9 Å². The lowest BCUT2D eigenvalue weighted by Crippen LogP contribution is -2.23. The van der Waals surface area contributed by atoms with Gasteiger partial charge in [-0.05, 0) is 54.1 Å². The van der Waals surface area contributed by atoms with Crippen LogP contribution in [0.2, 0.25) is 0 Å². The summed E-state index contributed by atoms with van der Waals surface area (Å²) >= 11 is 0. The molecule has 0 saturated heterocycles. The molecule has 27 heavy (non-hydrogen) atoms. The van der Waals surface area contributed by atoms with E-state index in [4.69, 9.17) is 0 Å². The molecule has 1 N–H and O–H groups in total. The lowest BCUT2D eigenvalue weighted by molar-refractivity contribution is 0.0950. The van der Waals surface area contributed by atoms with Gasteiger partial charge < -0.3 is 14.6 Å². The molecule has 0 atom stereocenters. The quantitative estimate of drug-likeness (QED) is 0.587. The van der Waals surface area contributed by atoms with Crippen molar-refractivity contribution in [1.82, 2.24) is 14.7 Å². The number of nitrogens with zero attached hydrogens (tertiary/aromatic N) is 3. The van der Waals surface area contributed by atoms with Crippen LogP contribution >= 0.6 is 0 Å². The standard InChI is InChI=1S/C22H20N4O/c1-25(19-5-3-2-4-6-19)21-10-9-20-8-7-18(16-26(20)21)22(27)24-15-17-11-13-23-14-12-17/h2-14,16H,15H2,1H3,(H,24,27). The van der Waals surface area contributed by atoms with Crippen LogP contribution in [0.5, 0.6) is 0 Å². The van der Waals surface area contributed by atoms with Crippen molar-refractivity contribution in [2.45, 2.75) is 6.54 Å². The van der Waals surface area contributed by atoms with Crippen LogP contribution in [0.1, 0.15) is 15.9 Å². The second-order valence-electron chi connectivity index (χ2n) is 6.34. The summed E-state index contributed by atoms with van der Waals surface area (Å²) in [4.78, 5) is 18.7. The number of carbonyl (C=O) groups is 1. The van der Waals surface area contributed by atoms with Gasteiger partial charge in [0.05, 0.1) is 5.56 Å². The molecule has 4 aromatic rings. The first-order valence-electron chi connectivity index (χ1n) is 8.79. The zero-order chi connectivity index (χ0) is 18.6. The second-order valence-corrected chi connectivity index (χ2v) is 6.34. The third-order valence-corrected chi connectivity index (χ3v) is 4.58. The SMILES string of the molecule is CN(c1ccccc1)c1ccc2ccc(C(=O)NCc3ccncc3)cn12. The molecule has 0 fully saturated rings. The van der Waals surface area contributed by atoms with Gasteiger partial charge >= 0.3 is 0 Å². The van der Waals surface area contributed by atoms with Crippen molar-refractivity contribution in [3.8, 4) is 0 Å². The number of hydrogen-bond donors (Lipinski definition) is 1. The summed E-state index contributed by atoms with van der Waals surface area (Å²) in [7, 11) is 2.02. The van der Waals surface area contributed by atoms with E-state index in [9.17, 15) is 4.79 Å². The predicted octanol–water partition coefficient (Wildman–Crippen LogP) is 4.03. The molecule has 0 aliphatic rings. The lowest BCUT2D eigenvalue weighted by atomic mass is 10.2. The van der Waals surface area contributed by atoms with Gasteiger partial charge in [-0.1, -0.05) is 18.2 Å². The Hall–Kier alpha value is -3.60.